The highest BCUT2D eigenvalue weighted by Gasteiger charge is 2.27. The molecule has 4 nitrogen and oxygen atoms in total. The quantitative estimate of drug-likeness (QED) is 0.649. The van der Waals surface area contributed by atoms with E-state index in [0.717, 1.165) is 0 Å². The fourth-order valence-corrected chi connectivity index (χ4v) is 0.510. The molecule has 0 saturated carbocycles. The summed E-state index contributed by atoms with van der Waals surface area (Å²) < 4.78 is 39.2. The van der Waals surface area contributed by atoms with E-state index in [2.05, 4.69) is 10.1 Å². The molecule has 0 rings (SSSR count). The Morgan fingerprint density at radius 2 is 2.00 bits per heavy atom. The molecular formula is C6H11F3N2O2. The smallest absolute Gasteiger partial charge is 0.383 e. The lowest BCUT2D eigenvalue weighted by Crippen LogP contribution is -2.41. The van der Waals surface area contributed by atoms with Gasteiger partial charge in [-0.25, -0.2) is 4.79 Å². The molecule has 0 saturated heterocycles. The predicted octanol–water partition coefficient (Wildman–Crippen LogP) is 0.494. The van der Waals surface area contributed by atoms with Gasteiger partial charge in [-0.15, -0.1) is 0 Å². The number of amides is 2. The molecule has 0 spiro atoms. The van der Waals surface area contributed by atoms with Crippen molar-refractivity contribution in [1.29, 1.82) is 0 Å². The molecule has 0 aromatic carbocycles. The molecule has 0 radical (unpaired) electrons. The van der Waals surface area contributed by atoms with Gasteiger partial charge in [0.1, 0.15) is 6.54 Å². The predicted molar refractivity (Wildman–Crippen MR) is 39.3 cm³/mol. The minimum absolute atomic E-state index is 0.181. The van der Waals surface area contributed by atoms with Crippen LogP contribution in [0.4, 0.5) is 18.0 Å². The molecule has 0 bridgehead atoms. The fraction of sp³-hybridized carbons (Fsp3) is 0.833. The highest BCUT2D eigenvalue weighted by molar-refractivity contribution is 5.73. The third kappa shape index (κ3) is 8.93. The topological polar surface area (TPSA) is 50.4 Å². The van der Waals surface area contributed by atoms with Gasteiger partial charge in [0.2, 0.25) is 0 Å². The Bertz CT molecular complexity index is 160. The molecule has 78 valence electrons. The molecule has 2 N–H and O–H groups in total. The Morgan fingerprint density at radius 3 is 2.46 bits per heavy atom. The van der Waals surface area contributed by atoms with Crippen LogP contribution in [-0.2, 0) is 4.74 Å². The summed E-state index contributed by atoms with van der Waals surface area (Å²) in [5.74, 6) is 0. The lowest BCUT2D eigenvalue weighted by Gasteiger charge is -2.09. The summed E-state index contributed by atoms with van der Waals surface area (Å²) in [6, 6.07) is -0.852. The zero-order valence-corrected chi connectivity index (χ0v) is 7.07. The number of halogens is 3. The summed E-state index contributed by atoms with van der Waals surface area (Å²) in [5, 5.41) is 3.83. The Morgan fingerprint density at radius 1 is 1.38 bits per heavy atom. The van der Waals surface area contributed by atoms with Crippen molar-refractivity contribution >= 4 is 6.03 Å². The van der Waals surface area contributed by atoms with Crippen LogP contribution in [0.15, 0.2) is 0 Å². The fourth-order valence-electron chi connectivity index (χ4n) is 0.510. The van der Waals surface area contributed by atoms with E-state index in [4.69, 9.17) is 0 Å². The summed E-state index contributed by atoms with van der Waals surface area (Å²) >= 11 is 0. The number of rotatable bonds is 4. The van der Waals surface area contributed by atoms with Crippen molar-refractivity contribution in [2.45, 2.75) is 6.18 Å². The van der Waals surface area contributed by atoms with Gasteiger partial charge in [-0.05, 0) is 0 Å². The second kappa shape index (κ2) is 5.63. The zero-order valence-electron chi connectivity index (χ0n) is 7.07. The van der Waals surface area contributed by atoms with E-state index in [9.17, 15) is 18.0 Å². The van der Waals surface area contributed by atoms with Crippen LogP contribution in [0.3, 0.4) is 0 Å². The molecule has 0 aliphatic carbocycles. The molecule has 0 atom stereocenters. The Balaban J connectivity index is 3.41. The Labute approximate surface area is 73.4 Å². The standard InChI is InChI=1S/C6H11F3N2O2/c1-13-3-2-10-5(12)11-4-6(7,8)9/h2-4H2,1H3,(H2,10,11,12). The molecule has 7 heteroatoms. The first-order valence-corrected chi connectivity index (χ1v) is 3.53. The molecule has 0 aliphatic heterocycles. The third-order valence-corrected chi connectivity index (χ3v) is 1.04. The van der Waals surface area contributed by atoms with Crippen LogP contribution >= 0.6 is 0 Å². The number of carbonyl (C=O) groups excluding carboxylic acids is 1. The van der Waals surface area contributed by atoms with Crippen LogP contribution in [0.5, 0.6) is 0 Å². The van der Waals surface area contributed by atoms with E-state index in [0.29, 0.717) is 0 Å². The number of nitrogens with one attached hydrogen (secondary N) is 2. The summed E-state index contributed by atoms with van der Waals surface area (Å²) in [4.78, 5) is 10.6. The molecule has 0 aromatic rings. The molecule has 0 heterocycles. The van der Waals surface area contributed by atoms with Crippen LogP contribution in [0.25, 0.3) is 0 Å². The van der Waals surface area contributed by atoms with E-state index < -0.39 is 18.8 Å². The van der Waals surface area contributed by atoms with Crippen molar-refractivity contribution in [1.82, 2.24) is 10.6 Å². The highest BCUT2D eigenvalue weighted by atomic mass is 19.4. The Hall–Kier alpha value is -0.980. The van der Waals surface area contributed by atoms with Crippen LogP contribution in [0, 0.1) is 0 Å². The lowest BCUT2D eigenvalue weighted by molar-refractivity contribution is -0.122. The van der Waals surface area contributed by atoms with Crippen molar-refractivity contribution in [2.75, 3.05) is 26.8 Å². The molecule has 0 aliphatic rings. The first kappa shape index (κ1) is 12.0. The number of carbonyl (C=O) groups is 1. The number of hydrogen-bond acceptors (Lipinski definition) is 2. The minimum atomic E-state index is -4.38. The van der Waals surface area contributed by atoms with Gasteiger partial charge >= 0.3 is 12.2 Å². The van der Waals surface area contributed by atoms with E-state index in [1.807, 2.05) is 0 Å². The van der Waals surface area contributed by atoms with Crippen LogP contribution in [-0.4, -0.2) is 39.0 Å². The minimum Gasteiger partial charge on any atom is -0.383 e. The molecule has 0 fully saturated rings. The maximum absolute atomic E-state index is 11.5. The molecule has 2 amide bonds. The van der Waals surface area contributed by atoms with E-state index in [1.54, 1.807) is 5.32 Å². The SMILES string of the molecule is COCCNC(=O)NCC(F)(F)F. The highest BCUT2D eigenvalue weighted by Crippen LogP contribution is 2.11. The summed E-state index contributed by atoms with van der Waals surface area (Å²) in [7, 11) is 1.43. The second-order valence-electron chi connectivity index (χ2n) is 2.22. The van der Waals surface area contributed by atoms with Crippen LogP contribution in [0.2, 0.25) is 0 Å². The van der Waals surface area contributed by atoms with E-state index in [1.165, 1.54) is 7.11 Å². The number of hydrogen-bond donors (Lipinski definition) is 2. The zero-order chi connectivity index (χ0) is 10.3. The van der Waals surface area contributed by atoms with Gasteiger partial charge in [0.25, 0.3) is 0 Å². The number of ether oxygens (including phenoxy) is 1. The van der Waals surface area contributed by atoms with E-state index in [-0.39, 0.29) is 13.2 Å². The van der Waals surface area contributed by atoms with Gasteiger partial charge in [0.05, 0.1) is 6.61 Å². The van der Waals surface area contributed by atoms with Crippen molar-refractivity contribution in [3.8, 4) is 0 Å². The second-order valence-corrected chi connectivity index (χ2v) is 2.22. The lowest BCUT2D eigenvalue weighted by atomic mass is 10.6. The molecular weight excluding hydrogens is 189 g/mol. The largest absolute Gasteiger partial charge is 0.405 e. The maximum Gasteiger partial charge on any atom is 0.405 e. The number of methoxy groups -OCH3 is 1. The van der Waals surface area contributed by atoms with Crippen molar-refractivity contribution in [2.24, 2.45) is 0 Å². The van der Waals surface area contributed by atoms with Gasteiger partial charge in [0.15, 0.2) is 0 Å². The average Bonchev–Trinajstić information content (AvgIpc) is 2.00. The first-order valence-electron chi connectivity index (χ1n) is 3.53. The van der Waals surface area contributed by atoms with Gasteiger partial charge in [0, 0.05) is 13.7 Å². The normalized spacial score (nSPS) is 11.1. The number of alkyl halides is 3. The van der Waals surface area contributed by atoms with Gasteiger partial charge < -0.3 is 15.4 Å². The monoisotopic (exact) mass is 200 g/mol. The van der Waals surface area contributed by atoms with Crippen molar-refractivity contribution < 1.29 is 22.7 Å². The van der Waals surface area contributed by atoms with Gasteiger partial charge in [-0.3, -0.25) is 0 Å². The maximum atomic E-state index is 11.5. The Kier molecular flexibility index (Phi) is 5.20. The summed E-state index contributed by atoms with van der Waals surface area (Å²) in [6.07, 6.45) is -4.38. The van der Waals surface area contributed by atoms with E-state index >= 15 is 0 Å². The molecule has 13 heavy (non-hydrogen) atoms. The van der Waals surface area contributed by atoms with Crippen LogP contribution < -0.4 is 10.6 Å². The van der Waals surface area contributed by atoms with Crippen molar-refractivity contribution in [3.05, 3.63) is 0 Å². The van der Waals surface area contributed by atoms with Gasteiger partial charge in [-0.2, -0.15) is 13.2 Å². The first-order chi connectivity index (χ1) is 5.95. The third-order valence-electron chi connectivity index (χ3n) is 1.04. The number of urea groups is 1. The average molecular weight is 200 g/mol. The molecule has 0 aromatic heterocycles. The summed E-state index contributed by atoms with van der Waals surface area (Å²) in [6.45, 7) is -0.883. The van der Waals surface area contributed by atoms with Crippen LogP contribution in [0.1, 0.15) is 0 Å². The van der Waals surface area contributed by atoms with Crippen molar-refractivity contribution in [3.63, 3.8) is 0 Å². The summed E-state index contributed by atoms with van der Waals surface area (Å²) in [5.41, 5.74) is 0. The molecule has 0 unspecified atom stereocenters. The van der Waals surface area contributed by atoms with Gasteiger partial charge in [-0.1, -0.05) is 0 Å².